The second-order valence-corrected chi connectivity index (χ2v) is 18.4. The van der Waals surface area contributed by atoms with Gasteiger partial charge in [-0.25, -0.2) is 16.8 Å². The maximum absolute atomic E-state index is 13.1. The Balaban J connectivity index is 0.000000293. The second-order valence-electron chi connectivity index (χ2n) is 15.6. The van der Waals surface area contributed by atoms with Crippen molar-refractivity contribution in [3.8, 4) is 0 Å². The lowest BCUT2D eigenvalue weighted by Crippen LogP contribution is -2.33. The molecule has 0 spiro atoms. The molecule has 2 aromatic heterocycles. The maximum Gasteiger partial charge on any atom is 0.257 e. The van der Waals surface area contributed by atoms with Crippen LogP contribution in [-0.2, 0) is 33.3 Å². The first kappa shape index (κ1) is 49.5. The molecule has 0 bridgehead atoms. The summed E-state index contributed by atoms with van der Waals surface area (Å²) >= 11 is 0. The van der Waals surface area contributed by atoms with E-state index in [2.05, 4.69) is 46.0 Å². The lowest BCUT2D eigenvalue weighted by Gasteiger charge is -2.11. The Morgan fingerprint density at radius 2 is 0.985 bits per heavy atom. The molecule has 0 unspecified atom stereocenters. The quantitative estimate of drug-likeness (QED) is 0.0412. The van der Waals surface area contributed by atoms with Gasteiger partial charge in [-0.05, 0) is 106 Å². The lowest BCUT2D eigenvalue weighted by atomic mass is 10.1. The maximum atomic E-state index is 13.1. The smallest absolute Gasteiger partial charge is 0.257 e. The molecule has 0 radical (unpaired) electrons. The van der Waals surface area contributed by atoms with E-state index in [1.54, 1.807) is 42.5 Å². The Labute approximate surface area is 381 Å². The van der Waals surface area contributed by atoms with Crippen LogP contribution < -0.4 is 25.5 Å². The van der Waals surface area contributed by atoms with Crippen LogP contribution in [-0.4, -0.2) is 37.8 Å². The summed E-state index contributed by atoms with van der Waals surface area (Å²) in [5, 5.41) is 8.04. The van der Waals surface area contributed by atoms with Crippen LogP contribution >= 0.6 is 0 Å². The first-order valence-electron chi connectivity index (χ1n) is 21.4. The van der Waals surface area contributed by atoms with Crippen molar-refractivity contribution in [3.63, 3.8) is 0 Å². The zero-order valence-electron chi connectivity index (χ0n) is 37.0. The third-order valence-electron chi connectivity index (χ3n) is 10.5. The third kappa shape index (κ3) is 14.5. The Morgan fingerprint density at radius 1 is 0.554 bits per heavy atom. The molecule has 0 saturated carbocycles. The van der Waals surface area contributed by atoms with E-state index in [9.17, 15) is 35.5 Å². The number of nitrogens with zero attached hydrogens (tertiary/aromatic N) is 2. The van der Waals surface area contributed by atoms with E-state index < -0.39 is 20.2 Å². The van der Waals surface area contributed by atoms with Gasteiger partial charge in [0.15, 0.2) is 12.4 Å². The number of anilines is 3. The van der Waals surface area contributed by atoms with Crippen LogP contribution in [0.5, 0.6) is 0 Å². The third-order valence-corrected chi connectivity index (χ3v) is 12.2. The van der Waals surface area contributed by atoms with Crippen LogP contribution in [0, 0.1) is 13.8 Å². The summed E-state index contributed by atoms with van der Waals surface area (Å²) in [5.41, 5.74) is 12.7. The van der Waals surface area contributed by atoms with Gasteiger partial charge in [0.05, 0.1) is 15.4 Å². The van der Waals surface area contributed by atoms with Crippen molar-refractivity contribution >= 4 is 70.9 Å². The number of nitrogens with one attached hydrogen (secondary N) is 2. The van der Waals surface area contributed by atoms with Crippen LogP contribution in [0.2, 0.25) is 0 Å². The summed E-state index contributed by atoms with van der Waals surface area (Å²) in [6.07, 6.45) is 11.2. The first-order valence-corrected chi connectivity index (χ1v) is 24.2. The molecule has 4 N–H and O–H groups in total. The number of aromatic nitrogens is 2. The van der Waals surface area contributed by atoms with Gasteiger partial charge < -0.3 is 25.5 Å². The number of pyridine rings is 2. The standard InChI is InChI=1S/C36H39N5O2.2C7H8O3S/c1-3-5-7-19-40-21-9-11-26-23-29(14-17-33(26)40)38-35(42)28-13-16-31(32(37)25-28)36(43)39-30-15-18-34-27(24-30)12-10-22-41(34)20-8-6-4-2;2*1-6-2-4-7(5-3-6)11(8,9)10/h9-18,21-25H,3-8,19-20H2,1-2H3,(H2-2,37,38,39,42,43);2*2-5H,1H3,(H,8,9,10). The number of carbonyl (C=O) groups is 2. The molecule has 0 aliphatic heterocycles. The van der Waals surface area contributed by atoms with Crippen LogP contribution in [0.4, 0.5) is 17.1 Å². The number of fused-ring (bicyclic) bond motifs is 2. The van der Waals surface area contributed by atoms with Crippen molar-refractivity contribution in [1.29, 1.82) is 0 Å². The van der Waals surface area contributed by atoms with Crippen molar-refractivity contribution in [2.45, 2.75) is 89.1 Å². The fraction of sp³-hybridized carbons (Fsp3) is 0.240. The number of amides is 2. The monoisotopic (exact) mass is 917 g/mol. The van der Waals surface area contributed by atoms with E-state index in [0.717, 1.165) is 58.9 Å². The van der Waals surface area contributed by atoms with Crippen LogP contribution in [0.1, 0.15) is 84.2 Å². The average Bonchev–Trinajstić information content (AvgIpc) is 3.26. The molecular formula is C50H55N5O8S2. The number of aryl methyl sites for hydroxylation is 4. The van der Waals surface area contributed by atoms with Crippen molar-refractivity contribution in [1.82, 2.24) is 0 Å². The number of benzene rings is 5. The van der Waals surface area contributed by atoms with Gasteiger partial charge in [0, 0.05) is 70.5 Å². The fourth-order valence-corrected chi connectivity index (χ4v) is 7.83. The van der Waals surface area contributed by atoms with Crippen LogP contribution in [0.15, 0.2) is 150 Å². The zero-order valence-corrected chi connectivity index (χ0v) is 38.6. The minimum absolute atomic E-state index is 0.178. The number of unbranched alkanes of at least 4 members (excludes halogenated alkanes) is 4. The number of nitrogen functional groups attached to an aromatic ring is 1. The summed E-state index contributed by atoms with van der Waals surface area (Å²) in [5.74, 6) is -0.608. The molecule has 5 aromatic carbocycles. The highest BCUT2D eigenvalue weighted by molar-refractivity contribution is 7.86. The molecule has 340 valence electrons. The highest BCUT2D eigenvalue weighted by atomic mass is 32.2. The molecule has 0 aliphatic carbocycles. The largest absolute Gasteiger partial charge is 0.744 e. The Hall–Kier alpha value is -6.52. The van der Waals surface area contributed by atoms with Crippen molar-refractivity contribution < 1.29 is 44.7 Å². The highest BCUT2D eigenvalue weighted by Gasteiger charge is 2.16. The molecule has 2 amide bonds. The summed E-state index contributed by atoms with van der Waals surface area (Å²) in [6.45, 7) is 9.98. The molecule has 0 atom stereocenters. The van der Waals surface area contributed by atoms with Gasteiger partial charge in [-0.2, -0.15) is 9.13 Å². The minimum Gasteiger partial charge on any atom is -0.744 e. The molecule has 7 rings (SSSR count). The predicted molar refractivity (Wildman–Crippen MR) is 252 cm³/mol. The number of hydrogen-bond donors (Lipinski definition) is 3. The molecular weight excluding hydrogens is 863 g/mol. The van der Waals surface area contributed by atoms with Crippen LogP contribution in [0.3, 0.4) is 0 Å². The minimum atomic E-state index is -4.27. The summed E-state index contributed by atoms with van der Waals surface area (Å²) in [4.78, 5) is 25.8. The number of nitrogens with two attached hydrogens (primary N) is 1. The van der Waals surface area contributed by atoms with Gasteiger partial charge in [-0.15, -0.1) is 0 Å². The summed E-state index contributed by atoms with van der Waals surface area (Å²) in [6, 6.07) is 36.3. The average molecular weight is 918 g/mol. The molecule has 2 heterocycles. The van der Waals surface area contributed by atoms with Gasteiger partial charge >= 0.3 is 0 Å². The van der Waals surface area contributed by atoms with E-state index in [1.807, 2.05) is 74.5 Å². The molecule has 7 aromatic rings. The molecule has 0 saturated heterocycles. The topological polar surface area (TPSA) is 206 Å². The van der Waals surface area contributed by atoms with Crippen molar-refractivity contribution in [3.05, 3.63) is 162 Å². The molecule has 15 heteroatoms. The SMILES string of the molecule is CCCCC[n+]1cccc2cc(NC(=O)c3ccc(C(=O)Nc4ccc5c(ccc[n+]5CCCCC)c4)c(N)c3)ccc21.Cc1ccc(S(=O)(=O)[O-])cc1.Cc1ccc(S(=O)(=O)[O-])cc1. The molecule has 13 nitrogen and oxygen atoms in total. The van der Waals surface area contributed by atoms with Crippen molar-refractivity contribution in [2.24, 2.45) is 0 Å². The van der Waals surface area contributed by atoms with E-state index in [-0.39, 0.29) is 27.3 Å². The predicted octanol–water partition coefficient (Wildman–Crippen LogP) is 8.83. The lowest BCUT2D eigenvalue weighted by molar-refractivity contribution is -0.672. The Morgan fingerprint density at radius 3 is 1.38 bits per heavy atom. The van der Waals surface area contributed by atoms with Crippen molar-refractivity contribution in [2.75, 3.05) is 16.4 Å². The normalized spacial score (nSPS) is 11.2. The number of carbonyl (C=O) groups excluding carboxylic acids is 2. The van der Waals surface area contributed by atoms with E-state index >= 15 is 0 Å². The van der Waals surface area contributed by atoms with E-state index in [4.69, 9.17) is 5.73 Å². The van der Waals surface area contributed by atoms with Gasteiger partial charge in [0.2, 0.25) is 11.0 Å². The van der Waals surface area contributed by atoms with E-state index in [0.29, 0.717) is 22.5 Å². The number of hydrogen-bond acceptors (Lipinski definition) is 9. The summed E-state index contributed by atoms with van der Waals surface area (Å²) < 4.78 is 66.8. The highest BCUT2D eigenvalue weighted by Crippen LogP contribution is 2.22. The second kappa shape index (κ2) is 22.9. The van der Waals surface area contributed by atoms with Crippen LogP contribution in [0.25, 0.3) is 21.8 Å². The Bertz CT molecular complexity index is 2910. The molecule has 65 heavy (non-hydrogen) atoms. The number of rotatable bonds is 14. The zero-order chi connectivity index (χ0) is 47.1. The molecule has 0 aliphatic rings. The fourth-order valence-electron chi connectivity index (χ4n) is 6.89. The summed E-state index contributed by atoms with van der Waals surface area (Å²) in [7, 11) is -8.54. The van der Waals surface area contributed by atoms with Gasteiger partial charge in [0.1, 0.15) is 33.3 Å². The van der Waals surface area contributed by atoms with E-state index in [1.165, 1.54) is 49.9 Å². The Kier molecular flexibility index (Phi) is 17.4. The first-order chi connectivity index (χ1) is 31.0. The van der Waals surface area contributed by atoms with Gasteiger partial charge in [-0.1, -0.05) is 62.1 Å². The molecule has 0 fully saturated rings. The van der Waals surface area contributed by atoms with Gasteiger partial charge in [0.25, 0.3) is 11.8 Å². The van der Waals surface area contributed by atoms with Gasteiger partial charge in [-0.3, -0.25) is 9.59 Å².